The third-order valence-corrected chi connectivity index (χ3v) is 5.34. The number of rotatable bonds is 22. The molecule has 0 heterocycles. The first-order chi connectivity index (χ1) is 13.8. The molecule has 0 spiro atoms. The second-order valence-electron chi connectivity index (χ2n) is 8.20. The lowest BCUT2D eigenvalue weighted by molar-refractivity contribution is -0.137. The summed E-state index contributed by atoms with van der Waals surface area (Å²) in [6.45, 7) is 2.28. The zero-order valence-corrected chi connectivity index (χ0v) is 18.8. The van der Waals surface area contributed by atoms with Crippen LogP contribution in [0.5, 0.6) is 0 Å². The second kappa shape index (κ2) is 24.0. The molecule has 0 aliphatic heterocycles. The van der Waals surface area contributed by atoms with E-state index in [1.54, 1.807) is 0 Å². The maximum Gasteiger partial charge on any atom is 0.303 e. The van der Waals surface area contributed by atoms with Crippen LogP contribution in [-0.4, -0.2) is 11.1 Å². The Labute approximate surface area is 175 Å². The molecule has 0 bridgehead atoms. The van der Waals surface area contributed by atoms with Crippen molar-refractivity contribution in [3.63, 3.8) is 0 Å². The van der Waals surface area contributed by atoms with Crippen molar-refractivity contribution in [2.45, 2.75) is 135 Å². The Hall–Kier alpha value is -1.05. The molecule has 28 heavy (non-hydrogen) atoms. The molecule has 0 saturated heterocycles. The lowest BCUT2D eigenvalue weighted by atomic mass is 10.1. The molecule has 0 aliphatic carbocycles. The fraction of sp³-hybridized carbons (Fsp3) is 0.808. The Balaban J connectivity index is 3.16. The predicted molar refractivity (Wildman–Crippen MR) is 124 cm³/mol. The molecule has 0 fully saturated rings. The van der Waals surface area contributed by atoms with Gasteiger partial charge >= 0.3 is 5.97 Å². The molecule has 0 saturated carbocycles. The van der Waals surface area contributed by atoms with Gasteiger partial charge < -0.3 is 5.11 Å². The maximum absolute atomic E-state index is 10.4. The second-order valence-corrected chi connectivity index (χ2v) is 8.20. The Morgan fingerprint density at radius 1 is 0.571 bits per heavy atom. The number of hydrogen-bond acceptors (Lipinski definition) is 1. The Bertz CT molecular complexity index is 371. The summed E-state index contributed by atoms with van der Waals surface area (Å²) in [4.78, 5) is 10.4. The van der Waals surface area contributed by atoms with Gasteiger partial charge in [-0.3, -0.25) is 4.79 Å². The topological polar surface area (TPSA) is 37.3 Å². The van der Waals surface area contributed by atoms with Crippen molar-refractivity contribution in [2.75, 3.05) is 0 Å². The summed E-state index contributed by atoms with van der Waals surface area (Å²) in [5.41, 5.74) is 0. The summed E-state index contributed by atoms with van der Waals surface area (Å²) in [7, 11) is 0. The van der Waals surface area contributed by atoms with Crippen LogP contribution in [0.15, 0.2) is 24.3 Å². The molecule has 164 valence electrons. The van der Waals surface area contributed by atoms with Gasteiger partial charge in [-0.15, -0.1) is 0 Å². The van der Waals surface area contributed by atoms with Crippen molar-refractivity contribution in [2.24, 2.45) is 0 Å². The van der Waals surface area contributed by atoms with Crippen molar-refractivity contribution in [1.82, 2.24) is 0 Å². The normalized spacial score (nSPS) is 11.8. The average molecular weight is 393 g/mol. The quantitative estimate of drug-likeness (QED) is 0.147. The monoisotopic (exact) mass is 392 g/mol. The molecule has 0 radical (unpaired) electrons. The zero-order valence-electron chi connectivity index (χ0n) is 18.8. The van der Waals surface area contributed by atoms with Crippen LogP contribution in [0.4, 0.5) is 0 Å². The molecule has 0 aromatic heterocycles. The van der Waals surface area contributed by atoms with Gasteiger partial charge in [0.05, 0.1) is 0 Å². The summed E-state index contributed by atoms with van der Waals surface area (Å²) < 4.78 is 0. The summed E-state index contributed by atoms with van der Waals surface area (Å²) in [5.74, 6) is -0.659. The van der Waals surface area contributed by atoms with Crippen molar-refractivity contribution in [1.29, 1.82) is 0 Å². The van der Waals surface area contributed by atoms with Crippen LogP contribution in [0.3, 0.4) is 0 Å². The molecule has 0 aromatic rings. The number of allylic oxidation sites excluding steroid dienone is 4. The number of carboxylic acid groups (broad SMARTS) is 1. The van der Waals surface area contributed by atoms with Gasteiger partial charge in [-0.2, -0.15) is 0 Å². The van der Waals surface area contributed by atoms with Crippen LogP contribution >= 0.6 is 0 Å². The van der Waals surface area contributed by atoms with Crippen molar-refractivity contribution in [3.8, 4) is 0 Å². The van der Waals surface area contributed by atoms with Gasteiger partial charge in [-0.1, -0.05) is 115 Å². The first-order valence-corrected chi connectivity index (χ1v) is 12.3. The molecule has 0 aromatic carbocycles. The van der Waals surface area contributed by atoms with Crippen LogP contribution in [-0.2, 0) is 4.79 Å². The van der Waals surface area contributed by atoms with Gasteiger partial charge in [0.1, 0.15) is 0 Å². The van der Waals surface area contributed by atoms with Crippen molar-refractivity contribution in [3.05, 3.63) is 24.3 Å². The molecule has 0 rings (SSSR count). The van der Waals surface area contributed by atoms with E-state index in [0.717, 1.165) is 19.3 Å². The predicted octanol–water partition coefficient (Wildman–Crippen LogP) is 9.01. The van der Waals surface area contributed by atoms with E-state index in [1.807, 2.05) is 0 Å². The van der Waals surface area contributed by atoms with Crippen LogP contribution in [0, 0.1) is 0 Å². The Kier molecular flexibility index (Phi) is 23.1. The number of unbranched alkanes of at least 4 members (excludes halogenated alkanes) is 16. The highest BCUT2D eigenvalue weighted by atomic mass is 16.4. The molecule has 0 amide bonds. The minimum atomic E-state index is -0.659. The Morgan fingerprint density at radius 2 is 0.964 bits per heavy atom. The number of carbonyl (C=O) groups is 1. The van der Waals surface area contributed by atoms with E-state index in [0.29, 0.717) is 6.42 Å². The molecule has 1 N–H and O–H groups in total. The van der Waals surface area contributed by atoms with Gasteiger partial charge in [0, 0.05) is 6.42 Å². The van der Waals surface area contributed by atoms with Gasteiger partial charge in [0.2, 0.25) is 0 Å². The van der Waals surface area contributed by atoms with Crippen LogP contribution in [0.25, 0.3) is 0 Å². The van der Waals surface area contributed by atoms with E-state index in [9.17, 15) is 4.79 Å². The first-order valence-electron chi connectivity index (χ1n) is 12.3. The highest BCUT2D eigenvalue weighted by molar-refractivity contribution is 5.66. The zero-order chi connectivity index (χ0) is 20.5. The highest BCUT2D eigenvalue weighted by Gasteiger charge is 1.96. The van der Waals surface area contributed by atoms with E-state index in [-0.39, 0.29) is 0 Å². The largest absolute Gasteiger partial charge is 0.481 e. The fourth-order valence-electron chi connectivity index (χ4n) is 3.50. The van der Waals surface area contributed by atoms with Crippen LogP contribution in [0.2, 0.25) is 0 Å². The molecule has 2 heteroatoms. The van der Waals surface area contributed by atoms with Gasteiger partial charge in [0.25, 0.3) is 0 Å². The third kappa shape index (κ3) is 24.9. The molecule has 2 nitrogen and oxygen atoms in total. The van der Waals surface area contributed by atoms with Crippen molar-refractivity contribution >= 4 is 5.97 Å². The van der Waals surface area contributed by atoms with E-state index in [1.165, 1.54) is 103 Å². The van der Waals surface area contributed by atoms with Gasteiger partial charge in [-0.05, 0) is 38.5 Å². The molecule has 0 unspecified atom stereocenters. The summed E-state index contributed by atoms with van der Waals surface area (Å²) in [5, 5.41) is 8.58. The first kappa shape index (κ1) is 27.0. The van der Waals surface area contributed by atoms with Crippen LogP contribution < -0.4 is 0 Å². The van der Waals surface area contributed by atoms with E-state index in [4.69, 9.17) is 5.11 Å². The average Bonchev–Trinajstić information content (AvgIpc) is 2.68. The highest BCUT2D eigenvalue weighted by Crippen LogP contribution is 2.12. The van der Waals surface area contributed by atoms with Crippen molar-refractivity contribution < 1.29 is 9.90 Å². The number of hydrogen-bond donors (Lipinski definition) is 1. The fourth-order valence-corrected chi connectivity index (χ4v) is 3.50. The lowest BCUT2D eigenvalue weighted by Crippen LogP contribution is -1.93. The summed E-state index contributed by atoms with van der Waals surface area (Å²) in [6, 6.07) is 0. The van der Waals surface area contributed by atoms with Gasteiger partial charge in [0.15, 0.2) is 0 Å². The summed E-state index contributed by atoms with van der Waals surface area (Å²) in [6.07, 6.45) is 34.1. The Morgan fingerprint density at radius 3 is 1.39 bits per heavy atom. The third-order valence-electron chi connectivity index (χ3n) is 5.34. The van der Waals surface area contributed by atoms with E-state index < -0.39 is 5.97 Å². The molecule has 0 atom stereocenters. The molecule has 0 aliphatic rings. The van der Waals surface area contributed by atoms with Gasteiger partial charge in [-0.25, -0.2) is 0 Å². The number of aliphatic carboxylic acids is 1. The van der Waals surface area contributed by atoms with E-state index in [2.05, 4.69) is 31.2 Å². The minimum absolute atomic E-state index is 0.336. The van der Waals surface area contributed by atoms with Crippen LogP contribution in [0.1, 0.15) is 135 Å². The standard InChI is InChI=1S/C26H48O2/c1-2-3-4-5-6-7-8-9-10-11-12-13-14-15-16-17-18-19-20-21-22-23-24-25-26(27)28/h10-11,13-14H,2-9,12,15-25H2,1H3,(H,27,28). The SMILES string of the molecule is CCCCCCCCCC=CCC=CCCCCCCCCCCCC(=O)O. The van der Waals surface area contributed by atoms with E-state index >= 15 is 0 Å². The molecular formula is C26H48O2. The summed E-state index contributed by atoms with van der Waals surface area (Å²) >= 11 is 0. The minimum Gasteiger partial charge on any atom is -0.481 e. The molecular weight excluding hydrogens is 344 g/mol. The number of carboxylic acids is 1. The smallest absolute Gasteiger partial charge is 0.303 e. The maximum atomic E-state index is 10.4. The lowest BCUT2D eigenvalue weighted by Gasteiger charge is -2.01.